The predicted octanol–water partition coefficient (Wildman–Crippen LogP) is 2.36. The van der Waals surface area contributed by atoms with Crippen molar-refractivity contribution in [2.24, 2.45) is 0 Å². The molecule has 1 amide bonds. The zero-order chi connectivity index (χ0) is 17.5. The number of aliphatic carboxylic acids is 1. The second kappa shape index (κ2) is 8.30. The third-order valence-electron chi connectivity index (χ3n) is 3.24. The Labute approximate surface area is 143 Å². The number of aromatic nitrogens is 1. The van der Waals surface area contributed by atoms with Crippen LogP contribution in [-0.4, -0.2) is 36.2 Å². The number of carbonyl (C=O) groups is 2. The van der Waals surface area contributed by atoms with Gasteiger partial charge in [-0.3, -0.25) is 9.59 Å². The molecule has 24 heavy (non-hydrogen) atoms. The smallest absolute Gasteiger partial charge is 0.309 e. The van der Waals surface area contributed by atoms with E-state index in [0.29, 0.717) is 28.7 Å². The number of hydrogen-bond donors (Lipinski definition) is 2. The number of methoxy groups -OCH3 is 2. The molecule has 0 unspecified atom stereocenters. The van der Waals surface area contributed by atoms with E-state index in [1.54, 1.807) is 25.7 Å². The fourth-order valence-electron chi connectivity index (χ4n) is 2.18. The number of carboxylic acids is 1. The Bertz CT molecular complexity index is 729. The molecular formula is C16H18N2O5S. The monoisotopic (exact) mass is 350 g/mol. The fourth-order valence-corrected chi connectivity index (χ4v) is 2.91. The van der Waals surface area contributed by atoms with Crippen LogP contribution in [0.15, 0.2) is 23.6 Å². The number of para-hydroxylation sites is 1. The van der Waals surface area contributed by atoms with Crippen molar-refractivity contribution in [2.75, 3.05) is 19.5 Å². The number of benzene rings is 1. The Morgan fingerprint density at radius 2 is 2.08 bits per heavy atom. The Morgan fingerprint density at radius 1 is 1.29 bits per heavy atom. The van der Waals surface area contributed by atoms with Crippen molar-refractivity contribution in [2.45, 2.75) is 19.3 Å². The molecule has 1 aromatic carbocycles. The van der Waals surface area contributed by atoms with Crippen LogP contribution in [0, 0.1) is 0 Å². The van der Waals surface area contributed by atoms with Gasteiger partial charge in [0.1, 0.15) is 0 Å². The van der Waals surface area contributed by atoms with Crippen molar-refractivity contribution in [3.8, 4) is 11.5 Å². The van der Waals surface area contributed by atoms with Crippen molar-refractivity contribution in [3.05, 3.63) is 34.8 Å². The van der Waals surface area contributed by atoms with Gasteiger partial charge in [-0.2, -0.15) is 0 Å². The average Bonchev–Trinajstić information content (AvgIpc) is 2.98. The van der Waals surface area contributed by atoms with Crippen LogP contribution in [-0.2, 0) is 22.4 Å². The maximum Gasteiger partial charge on any atom is 0.309 e. The van der Waals surface area contributed by atoms with Crippen LogP contribution in [0.2, 0.25) is 0 Å². The van der Waals surface area contributed by atoms with E-state index in [4.69, 9.17) is 14.6 Å². The second-order valence-electron chi connectivity index (χ2n) is 4.92. The van der Waals surface area contributed by atoms with E-state index < -0.39 is 5.97 Å². The molecular weight excluding hydrogens is 332 g/mol. The van der Waals surface area contributed by atoms with Gasteiger partial charge in [-0.25, -0.2) is 4.98 Å². The normalized spacial score (nSPS) is 10.2. The van der Waals surface area contributed by atoms with Crippen LogP contribution < -0.4 is 14.8 Å². The lowest BCUT2D eigenvalue weighted by molar-refractivity contribution is -0.136. The molecule has 0 atom stereocenters. The zero-order valence-corrected chi connectivity index (χ0v) is 14.2. The highest BCUT2D eigenvalue weighted by molar-refractivity contribution is 7.13. The summed E-state index contributed by atoms with van der Waals surface area (Å²) in [6, 6.07) is 5.51. The molecule has 0 aliphatic rings. The molecule has 128 valence electrons. The SMILES string of the molecule is COc1cccc(CCC(=O)Nc2nc(CC(=O)O)cs2)c1OC. The lowest BCUT2D eigenvalue weighted by atomic mass is 10.1. The summed E-state index contributed by atoms with van der Waals surface area (Å²) in [5.74, 6) is 0.0823. The molecule has 2 aromatic rings. The second-order valence-corrected chi connectivity index (χ2v) is 5.77. The predicted molar refractivity (Wildman–Crippen MR) is 90.0 cm³/mol. The Morgan fingerprint density at radius 3 is 2.75 bits per heavy atom. The third-order valence-corrected chi connectivity index (χ3v) is 4.04. The average molecular weight is 350 g/mol. The number of aryl methyl sites for hydroxylation is 1. The standard InChI is InChI=1S/C16H18N2O5S/c1-22-12-5-3-4-10(15(12)23-2)6-7-13(19)18-16-17-11(9-24-16)8-14(20)21/h3-5,9H,6-8H2,1-2H3,(H,20,21)(H,17,18,19). The summed E-state index contributed by atoms with van der Waals surface area (Å²) < 4.78 is 10.6. The molecule has 0 spiro atoms. The number of carboxylic acid groups (broad SMARTS) is 1. The summed E-state index contributed by atoms with van der Waals surface area (Å²) >= 11 is 1.20. The number of ether oxygens (including phenoxy) is 2. The molecule has 1 aromatic heterocycles. The molecule has 1 heterocycles. The van der Waals surface area contributed by atoms with Gasteiger partial charge in [-0.1, -0.05) is 12.1 Å². The van der Waals surface area contributed by atoms with Crippen LogP contribution in [0.5, 0.6) is 11.5 Å². The van der Waals surface area contributed by atoms with Gasteiger partial charge in [0.05, 0.1) is 26.3 Å². The van der Waals surface area contributed by atoms with Gasteiger partial charge >= 0.3 is 5.97 Å². The number of nitrogens with zero attached hydrogens (tertiary/aromatic N) is 1. The van der Waals surface area contributed by atoms with E-state index in [2.05, 4.69) is 10.3 Å². The zero-order valence-electron chi connectivity index (χ0n) is 13.4. The lowest BCUT2D eigenvalue weighted by Crippen LogP contribution is -2.12. The van der Waals surface area contributed by atoms with Crippen LogP contribution in [0.4, 0.5) is 5.13 Å². The molecule has 2 rings (SSSR count). The number of hydrogen-bond acceptors (Lipinski definition) is 6. The first-order valence-electron chi connectivity index (χ1n) is 7.19. The Hall–Kier alpha value is -2.61. The maximum absolute atomic E-state index is 12.0. The molecule has 0 aliphatic heterocycles. The number of thiazole rings is 1. The molecule has 0 saturated heterocycles. The van der Waals surface area contributed by atoms with Crippen LogP contribution in [0.1, 0.15) is 17.7 Å². The Balaban J connectivity index is 1.94. The van der Waals surface area contributed by atoms with Crippen LogP contribution >= 0.6 is 11.3 Å². The van der Waals surface area contributed by atoms with Crippen molar-refractivity contribution in [1.82, 2.24) is 4.98 Å². The topological polar surface area (TPSA) is 97.8 Å². The van der Waals surface area contributed by atoms with Crippen LogP contribution in [0.3, 0.4) is 0 Å². The molecule has 8 heteroatoms. The highest BCUT2D eigenvalue weighted by Crippen LogP contribution is 2.31. The van der Waals surface area contributed by atoms with Crippen molar-refractivity contribution in [1.29, 1.82) is 0 Å². The summed E-state index contributed by atoms with van der Waals surface area (Å²) in [6.07, 6.45) is 0.574. The number of carbonyl (C=O) groups excluding carboxylic acids is 1. The van der Waals surface area contributed by atoms with E-state index in [9.17, 15) is 9.59 Å². The summed E-state index contributed by atoms with van der Waals surface area (Å²) in [5, 5.41) is 13.4. The first-order valence-corrected chi connectivity index (χ1v) is 8.07. The van der Waals surface area contributed by atoms with E-state index >= 15 is 0 Å². The Kier molecular flexibility index (Phi) is 6.14. The number of amides is 1. The molecule has 2 N–H and O–H groups in total. The van der Waals surface area contributed by atoms with Crippen molar-refractivity contribution < 1.29 is 24.2 Å². The van der Waals surface area contributed by atoms with E-state index in [-0.39, 0.29) is 18.7 Å². The molecule has 0 fully saturated rings. The first kappa shape index (κ1) is 17.7. The molecule has 0 aliphatic carbocycles. The summed E-state index contributed by atoms with van der Waals surface area (Å²) in [6.45, 7) is 0. The summed E-state index contributed by atoms with van der Waals surface area (Å²) in [4.78, 5) is 26.7. The van der Waals surface area contributed by atoms with Gasteiger partial charge in [0.25, 0.3) is 0 Å². The van der Waals surface area contributed by atoms with Gasteiger partial charge in [-0.05, 0) is 18.1 Å². The number of rotatable bonds is 8. The van der Waals surface area contributed by atoms with Gasteiger partial charge in [0.15, 0.2) is 16.6 Å². The third kappa shape index (κ3) is 4.69. The van der Waals surface area contributed by atoms with Gasteiger partial charge in [-0.15, -0.1) is 11.3 Å². The highest BCUT2D eigenvalue weighted by atomic mass is 32.1. The van der Waals surface area contributed by atoms with Crippen LogP contribution in [0.25, 0.3) is 0 Å². The summed E-state index contributed by atoms with van der Waals surface area (Å²) in [5.41, 5.74) is 1.30. The maximum atomic E-state index is 12.0. The quantitative estimate of drug-likeness (QED) is 0.758. The van der Waals surface area contributed by atoms with Gasteiger partial charge in [0.2, 0.25) is 5.91 Å². The number of anilines is 1. The van der Waals surface area contributed by atoms with Gasteiger partial charge < -0.3 is 19.9 Å². The molecule has 7 nitrogen and oxygen atoms in total. The largest absolute Gasteiger partial charge is 0.493 e. The van der Waals surface area contributed by atoms with E-state index in [1.165, 1.54) is 11.3 Å². The molecule has 0 saturated carbocycles. The fraction of sp³-hybridized carbons (Fsp3) is 0.312. The van der Waals surface area contributed by atoms with E-state index in [0.717, 1.165) is 5.56 Å². The van der Waals surface area contributed by atoms with Crippen molar-refractivity contribution in [3.63, 3.8) is 0 Å². The highest BCUT2D eigenvalue weighted by Gasteiger charge is 2.13. The van der Waals surface area contributed by atoms with E-state index in [1.807, 2.05) is 12.1 Å². The molecule has 0 bridgehead atoms. The summed E-state index contributed by atoms with van der Waals surface area (Å²) in [7, 11) is 3.12. The minimum absolute atomic E-state index is 0.159. The minimum Gasteiger partial charge on any atom is -0.493 e. The molecule has 0 radical (unpaired) electrons. The van der Waals surface area contributed by atoms with Crippen molar-refractivity contribution >= 4 is 28.3 Å². The lowest BCUT2D eigenvalue weighted by Gasteiger charge is -2.12. The minimum atomic E-state index is -0.955. The number of nitrogens with one attached hydrogen (secondary N) is 1. The van der Waals surface area contributed by atoms with Gasteiger partial charge in [0, 0.05) is 11.8 Å². The first-order chi connectivity index (χ1) is 11.5.